The second-order valence-electron chi connectivity index (χ2n) is 5.29. The predicted molar refractivity (Wildman–Crippen MR) is 80.7 cm³/mol. The van der Waals surface area contributed by atoms with Crippen molar-refractivity contribution in [2.24, 2.45) is 5.92 Å². The topological polar surface area (TPSA) is 72.1 Å². The molecule has 1 aliphatic rings. The number of anilines is 1. The highest BCUT2D eigenvalue weighted by molar-refractivity contribution is 7.21. The van der Waals surface area contributed by atoms with E-state index in [4.69, 9.17) is 5.73 Å². The van der Waals surface area contributed by atoms with E-state index in [-0.39, 0.29) is 5.91 Å². The number of hydrogen-bond acceptors (Lipinski definition) is 5. The summed E-state index contributed by atoms with van der Waals surface area (Å²) in [6.07, 6.45) is 5.04. The second kappa shape index (κ2) is 5.36. The van der Waals surface area contributed by atoms with Crippen molar-refractivity contribution in [3.8, 4) is 0 Å². The summed E-state index contributed by atoms with van der Waals surface area (Å²) in [5.74, 6) is 0.722. The largest absolute Gasteiger partial charge is 0.397 e. The number of carbonyl (C=O) groups excluding carboxylic acids is 1. The molecule has 1 fully saturated rings. The smallest absolute Gasteiger partial charge is 0.266 e. The van der Waals surface area contributed by atoms with E-state index in [1.165, 1.54) is 24.2 Å². The lowest BCUT2D eigenvalue weighted by molar-refractivity contribution is 0.0753. The van der Waals surface area contributed by atoms with E-state index in [1.807, 2.05) is 11.0 Å². The zero-order valence-electron chi connectivity index (χ0n) is 11.5. The molecule has 106 valence electrons. The van der Waals surface area contributed by atoms with Crippen molar-refractivity contribution in [1.82, 2.24) is 15.1 Å². The number of nitrogen functional groups attached to an aromatic ring is 1. The molecule has 0 aromatic carbocycles. The van der Waals surface area contributed by atoms with Gasteiger partial charge in [-0.3, -0.25) is 4.79 Å². The monoisotopic (exact) mass is 290 g/mol. The summed E-state index contributed by atoms with van der Waals surface area (Å²) in [5, 5.41) is 8.72. The van der Waals surface area contributed by atoms with Gasteiger partial charge in [0.25, 0.3) is 5.91 Å². The van der Waals surface area contributed by atoms with Gasteiger partial charge in [0.2, 0.25) is 0 Å². The molecule has 0 aliphatic heterocycles. The average molecular weight is 290 g/mol. The maximum absolute atomic E-state index is 12.7. The highest BCUT2D eigenvalue weighted by atomic mass is 32.1. The van der Waals surface area contributed by atoms with Crippen LogP contribution in [0.25, 0.3) is 10.2 Å². The van der Waals surface area contributed by atoms with Crippen molar-refractivity contribution in [3.05, 3.63) is 17.1 Å². The minimum atomic E-state index is 0.0410. The summed E-state index contributed by atoms with van der Waals surface area (Å²) in [7, 11) is 0. The zero-order chi connectivity index (χ0) is 14.1. The molecule has 0 spiro atoms. The van der Waals surface area contributed by atoms with Crippen LogP contribution in [-0.4, -0.2) is 34.1 Å². The predicted octanol–water partition coefficient (Wildman–Crippen LogP) is 2.54. The number of hydrogen-bond donors (Lipinski definition) is 1. The third-order valence-electron chi connectivity index (χ3n) is 3.57. The Kier molecular flexibility index (Phi) is 3.56. The molecule has 2 aromatic rings. The van der Waals surface area contributed by atoms with Gasteiger partial charge in [-0.05, 0) is 31.2 Å². The van der Waals surface area contributed by atoms with Crippen molar-refractivity contribution < 1.29 is 4.79 Å². The first-order chi connectivity index (χ1) is 9.70. The number of nitrogens with two attached hydrogens (primary N) is 1. The van der Waals surface area contributed by atoms with Crippen LogP contribution in [0.3, 0.4) is 0 Å². The number of carbonyl (C=O) groups is 1. The van der Waals surface area contributed by atoms with Crippen LogP contribution < -0.4 is 5.73 Å². The highest BCUT2D eigenvalue weighted by Gasteiger charge is 2.28. The lowest BCUT2D eigenvalue weighted by Gasteiger charge is -2.21. The number of fused-ring (bicyclic) bond motifs is 1. The first-order valence-corrected chi connectivity index (χ1v) is 7.81. The van der Waals surface area contributed by atoms with Crippen LogP contribution in [0, 0.1) is 5.92 Å². The van der Waals surface area contributed by atoms with Crippen LogP contribution in [0.4, 0.5) is 5.69 Å². The Labute approximate surface area is 121 Å². The molecule has 3 rings (SSSR count). The van der Waals surface area contributed by atoms with Crippen LogP contribution in [0.1, 0.15) is 35.9 Å². The summed E-state index contributed by atoms with van der Waals surface area (Å²) in [4.78, 5) is 16.0. The maximum atomic E-state index is 12.7. The Bertz CT molecular complexity index is 635. The third-order valence-corrected chi connectivity index (χ3v) is 4.66. The van der Waals surface area contributed by atoms with Gasteiger partial charge in [0.05, 0.1) is 11.9 Å². The van der Waals surface area contributed by atoms with Crippen molar-refractivity contribution in [2.45, 2.75) is 26.2 Å². The fraction of sp³-hybridized carbons (Fsp3) is 0.500. The number of aromatic nitrogens is 2. The van der Waals surface area contributed by atoms with Gasteiger partial charge in [0, 0.05) is 18.5 Å². The SMILES string of the molecule is CCCN(CC1CC1)C(=O)c1sc2nnccc2c1N. The standard InChI is InChI=1S/C14H18N4OS/c1-2-7-18(8-9-3-4-9)14(19)12-11(15)10-5-6-16-17-13(10)20-12/h5-6,9H,2-4,7-8,15H2,1H3. The Hall–Kier alpha value is -1.69. The minimum Gasteiger partial charge on any atom is -0.397 e. The number of thiophene rings is 1. The van der Waals surface area contributed by atoms with Crippen LogP contribution in [-0.2, 0) is 0 Å². The molecule has 20 heavy (non-hydrogen) atoms. The van der Waals surface area contributed by atoms with Crippen molar-refractivity contribution in [1.29, 1.82) is 0 Å². The molecule has 0 bridgehead atoms. The summed E-state index contributed by atoms with van der Waals surface area (Å²) < 4.78 is 0. The first kappa shape index (κ1) is 13.3. The van der Waals surface area contributed by atoms with Gasteiger partial charge in [-0.25, -0.2) is 0 Å². The summed E-state index contributed by atoms with van der Waals surface area (Å²) in [6, 6.07) is 1.82. The average Bonchev–Trinajstić information content (AvgIpc) is 3.21. The van der Waals surface area contributed by atoms with Crippen LogP contribution in [0.2, 0.25) is 0 Å². The van der Waals surface area contributed by atoms with Gasteiger partial charge in [-0.2, -0.15) is 5.10 Å². The molecule has 1 saturated carbocycles. The minimum absolute atomic E-state index is 0.0410. The van der Waals surface area contributed by atoms with Gasteiger partial charge in [0.15, 0.2) is 0 Å². The van der Waals surface area contributed by atoms with Crippen molar-refractivity contribution in [2.75, 3.05) is 18.8 Å². The van der Waals surface area contributed by atoms with Crippen LogP contribution in [0.5, 0.6) is 0 Å². The van der Waals surface area contributed by atoms with Gasteiger partial charge < -0.3 is 10.6 Å². The van der Waals surface area contributed by atoms with E-state index in [1.54, 1.807) is 6.20 Å². The lowest BCUT2D eigenvalue weighted by Crippen LogP contribution is -2.33. The molecule has 2 N–H and O–H groups in total. The fourth-order valence-electron chi connectivity index (χ4n) is 2.33. The van der Waals surface area contributed by atoms with Crippen molar-refractivity contribution >= 4 is 33.1 Å². The van der Waals surface area contributed by atoms with E-state index >= 15 is 0 Å². The molecule has 2 heterocycles. The maximum Gasteiger partial charge on any atom is 0.266 e. The van der Waals surface area contributed by atoms with E-state index in [2.05, 4.69) is 17.1 Å². The van der Waals surface area contributed by atoms with Gasteiger partial charge in [0.1, 0.15) is 9.71 Å². The molecule has 0 atom stereocenters. The Morgan fingerprint density at radius 2 is 2.35 bits per heavy atom. The second-order valence-corrected chi connectivity index (χ2v) is 6.29. The number of amides is 1. The fourth-order valence-corrected chi connectivity index (χ4v) is 3.34. The van der Waals surface area contributed by atoms with Gasteiger partial charge in [-0.15, -0.1) is 16.4 Å². The Balaban J connectivity index is 1.91. The number of nitrogens with zero attached hydrogens (tertiary/aromatic N) is 3. The number of rotatable bonds is 5. The summed E-state index contributed by atoms with van der Waals surface area (Å²) >= 11 is 1.34. The van der Waals surface area contributed by atoms with Crippen molar-refractivity contribution in [3.63, 3.8) is 0 Å². The van der Waals surface area contributed by atoms with E-state index < -0.39 is 0 Å². The van der Waals surface area contributed by atoms with Crippen LogP contribution in [0.15, 0.2) is 12.3 Å². The molecule has 6 heteroatoms. The van der Waals surface area contributed by atoms with E-state index in [0.717, 1.165) is 29.7 Å². The summed E-state index contributed by atoms with van der Waals surface area (Å²) in [5.41, 5.74) is 6.66. The molecular weight excluding hydrogens is 272 g/mol. The Morgan fingerprint density at radius 1 is 1.55 bits per heavy atom. The molecule has 5 nitrogen and oxygen atoms in total. The molecule has 1 amide bonds. The molecule has 0 radical (unpaired) electrons. The van der Waals surface area contributed by atoms with Crippen LogP contribution >= 0.6 is 11.3 Å². The van der Waals surface area contributed by atoms with E-state index in [9.17, 15) is 4.79 Å². The zero-order valence-corrected chi connectivity index (χ0v) is 12.3. The summed E-state index contributed by atoms with van der Waals surface area (Å²) in [6.45, 7) is 3.73. The first-order valence-electron chi connectivity index (χ1n) is 6.99. The molecular formula is C14H18N4OS. The highest BCUT2D eigenvalue weighted by Crippen LogP contribution is 2.34. The van der Waals surface area contributed by atoms with Gasteiger partial charge >= 0.3 is 0 Å². The third kappa shape index (κ3) is 2.47. The van der Waals surface area contributed by atoms with Gasteiger partial charge in [-0.1, -0.05) is 6.92 Å². The molecule has 0 saturated heterocycles. The Morgan fingerprint density at radius 3 is 3.00 bits per heavy atom. The quantitative estimate of drug-likeness (QED) is 0.918. The molecule has 2 aromatic heterocycles. The lowest BCUT2D eigenvalue weighted by atomic mass is 10.2. The normalized spacial score (nSPS) is 14.7. The van der Waals surface area contributed by atoms with E-state index in [0.29, 0.717) is 16.5 Å². The molecule has 1 aliphatic carbocycles. The molecule has 0 unspecified atom stereocenters.